The Hall–Kier alpha value is -3.49. The maximum absolute atomic E-state index is 13.9. The number of hydrazone groups is 1. The van der Waals surface area contributed by atoms with E-state index in [0.717, 1.165) is 11.3 Å². The van der Waals surface area contributed by atoms with Crippen molar-refractivity contribution in [3.05, 3.63) is 101 Å². The number of benzene rings is 3. The summed E-state index contributed by atoms with van der Waals surface area (Å²) in [6.07, 6.45) is 1.88. The van der Waals surface area contributed by atoms with Crippen LogP contribution in [-0.4, -0.2) is 27.9 Å². The second-order valence-electron chi connectivity index (χ2n) is 7.42. The molecule has 3 aromatic carbocycles. The summed E-state index contributed by atoms with van der Waals surface area (Å²) in [6, 6.07) is 28.7. The van der Waals surface area contributed by atoms with E-state index in [4.69, 9.17) is 4.74 Å². The van der Waals surface area contributed by atoms with E-state index in [1.165, 1.54) is 23.5 Å². The molecule has 0 radical (unpaired) electrons. The number of thioether (sulfide) groups is 2. The SMILES string of the molecule is CCOC(=O)C1=NN(c2ccccc2)C2(S1)S/C(=C\c1ccccc1)C(=O)N2c1ccccc1. The van der Waals surface area contributed by atoms with Crippen LogP contribution in [0.4, 0.5) is 11.4 Å². The summed E-state index contributed by atoms with van der Waals surface area (Å²) in [5.41, 5.74) is 2.39. The molecule has 8 heteroatoms. The van der Waals surface area contributed by atoms with Crippen molar-refractivity contribution >= 4 is 57.9 Å². The molecule has 2 aliphatic heterocycles. The fourth-order valence-corrected chi connectivity index (χ4v) is 6.61. The molecule has 6 nitrogen and oxygen atoms in total. The van der Waals surface area contributed by atoms with E-state index in [1.54, 1.807) is 16.8 Å². The molecule has 0 N–H and O–H groups in total. The molecule has 1 fully saturated rings. The fourth-order valence-electron chi connectivity index (χ4n) is 3.73. The predicted molar refractivity (Wildman–Crippen MR) is 139 cm³/mol. The summed E-state index contributed by atoms with van der Waals surface area (Å²) in [4.78, 5) is 28.9. The largest absolute Gasteiger partial charge is 0.461 e. The summed E-state index contributed by atoms with van der Waals surface area (Å²) in [5.74, 6) is -0.666. The maximum Gasteiger partial charge on any atom is 0.365 e. The van der Waals surface area contributed by atoms with Crippen LogP contribution in [0.25, 0.3) is 6.08 Å². The van der Waals surface area contributed by atoms with Gasteiger partial charge in [-0.2, -0.15) is 5.10 Å². The lowest BCUT2D eigenvalue weighted by atomic mass is 10.2. The van der Waals surface area contributed by atoms with Crippen LogP contribution in [-0.2, 0) is 14.3 Å². The Morgan fingerprint density at radius 2 is 1.50 bits per heavy atom. The molecule has 1 atom stereocenters. The molecule has 0 saturated carbocycles. The van der Waals surface area contributed by atoms with Crippen LogP contribution in [0.5, 0.6) is 0 Å². The number of rotatable bonds is 5. The van der Waals surface area contributed by atoms with Gasteiger partial charge in [0.2, 0.25) is 9.37 Å². The van der Waals surface area contributed by atoms with E-state index in [9.17, 15) is 9.59 Å². The van der Waals surface area contributed by atoms with E-state index in [0.29, 0.717) is 10.6 Å². The Balaban J connectivity index is 1.67. The molecule has 0 aliphatic carbocycles. The number of hydrogen-bond acceptors (Lipinski definition) is 7. The van der Waals surface area contributed by atoms with Gasteiger partial charge >= 0.3 is 5.97 Å². The van der Waals surface area contributed by atoms with Crippen molar-refractivity contribution < 1.29 is 14.3 Å². The van der Waals surface area contributed by atoms with Crippen molar-refractivity contribution in [1.29, 1.82) is 0 Å². The number of esters is 1. The third-order valence-electron chi connectivity index (χ3n) is 5.19. The highest BCUT2D eigenvalue weighted by atomic mass is 32.2. The first kappa shape index (κ1) is 22.3. The zero-order chi connectivity index (χ0) is 23.5. The number of nitrogens with zero attached hydrogens (tertiary/aromatic N) is 3. The number of anilines is 2. The van der Waals surface area contributed by atoms with Crippen LogP contribution in [0.1, 0.15) is 12.5 Å². The van der Waals surface area contributed by atoms with Crippen LogP contribution < -0.4 is 9.91 Å². The van der Waals surface area contributed by atoms with Gasteiger partial charge < -0.3 is 4.74 Å². The molecule has 1 spiro atoms. The highest BCUT2D eigenvalue weighted by Crippen LogP contribution is 2.59. The highest BCUT2D eigenvalue weighted by molar-refractivity contribution is 8.29. The van der Waals surface area contributed by atoms with Gasteiger partial charge in [0.15, 0.2) is 0 Å². The number of amides is 1. The first-order valence-corrected chi connectivity index (χ1v) is 12.4. The zero-order valence-corrected chi connectivity index (χ0v) is 20.0. The number of hydrogen-bond donors (Lipinski definition) is 0. The van der Waals surface area contributed by atoms with Crippen LogP contribution in [0, 0.1) is 0 Å². The van der Waals surface area contributed by atoms with Crippen molar-refractivity contribution in [2.75, 3.05) is 16.5 Å². The topological polar surface area (TPSA) is 62.2 Å². The van der Waals surface area contributed by atoms with Gasteiger partial charge in [0.25, 0.3) is 5.91 Å². The monoisotopic (exact) mass is 487 g/mol. The van der Waals surface area contributed by atoms with Crippen molar-refractivity contribution in [3.8, 4) is 0 Å². The van der Waals surface area contributed by atoms with E-state index in [-0.39, 0.29) is 17.6 Å². The molecule has 5 rings (SSSR count). The lowest BCUT2D eigenvalue weighted by molar-refractivity contribution is -0.134. The Labute approximate surface area is 206 Å². The average Bonchev–Trinajstić information content (AvgIpc) is 3.38. The van der Waals surface area contributed by atoms with E-state index >= 15 is 0 Å². The molecule has 34 heavy (non-hydrogen) atoms. The number of ether oxygens (including phenoxy) is 1. The van der Waals surface area contributed by atoms with Gasteiger partial charge in [-0.15, -0.1) is 0 Å². The van der Waals surface area contributed by atoms with Crippen molar-refractivity contribution in [3.63, 3.8) is 0 Å². The summed E-state index contributed by atoms with van der Waals surface area (Å²) in [6.45, 7) is 2.00. The predicted octanol–water partition coefficient (Wildman–Crippen LogP) is 5.55. The van der Waals surface area contributed by atoms with Gasteiger partial charge in [0.1, 0.15) is 0 Å². The third-order valence-corrected chi connectivity index (χ3v) is 7.89. The molecule has 0 bridgehead atoms. The number of carbonyl (C=O) groups excluding carboxylic acids is 2. The van der Waals surface area contributed by atoms with E-state index in [2.05, 4.69) is 5.10 Å². The summed E-state index contributed by atoms with van der Waals surface area (Å²) < 4.78 is 4.19. The summed E-state index contributed by atoms with van der Waals surface area (Å²) in [5, 5.41) is 6.60. The first-order valence-electron chi connectivity index (χ1n) is 10.8. The minimum Gasteiger partial charge on any atom is -0.461 e. The van der Waals surface area contributed by atoms with E-state index < -0.39 is 10.3 Å². The molecule has 2 aliphatic rings. The third kappa shape index (κ3) is 3.99. The molecule has 170 valence electrons. The second kappa shape index (κ2) is 9.40. The first-order chi connectivity index (χ1) is 16.6. The van der Waals surface area contributed by atoms with Crippen molar-refractivity contribution in [1.82, 2.24) is 0 Å². The normalized spacial score (nSPS) is 20.8. The lowest BCUT2D eigenvalue weighted by Crippen LogP contribution is -2.51. The number of carbonyl (C=O) groups is 2. The maximum atomic E-state index is 13.9. The van der Waals surface area contributed by atoms with Crippen LogP contribution in [0.3, 0.4) is 0 Å². The van der Waals surface area contributed by atoms with Gasteiger partial charge in [0.05, 0.1) is 17.2 Å². The Kier molecular flexibility index (Phi) is 6.17. The summed E-state index contributed by atoms with van der Waals surface area (Å²) in [7, 11) is 0. The Bertz CT molecular complexity index is 1270. The van der Waals surface area contributed by atoms with Crippen LogP contribution >= 0.6 is 23.5 Å². The zero-order valence-electron chi connectivity index (χ0n) is 18.3. The second-order valence-corrected chi connectivity index (χ2v) is 10.1. The summed E-state index contributed by atoms with van der Waals surface area (Å²) >= 11 is 2.59. The van der Waals surface area contributed by atoms with Crippen LogP contribution in [0.15, 0.2) is 101 Å². The van der Waals surface area contributed by atoms with Gasteiger partial charge in [-0.05, 0) is 54.6 Å². The highest BCUT2D eigenvalue weighted by Gasteiger charge is 2.60. The average molecular weight is 488 g/mol. The molecule has 3 aromatic rings. The molecule has 1 saturated heterocycles. The number of para-hydroxylation sites is 2. The van der Waals surface area contributed by atoms with Crippen molar-refractivity contribution in [2.45, 2.75) is 11.3 Å². The smallest absolute Gasteiger partial charge is 0.365 e. The Morgan fingerprint density at radius 1 is 0.912 bits per heavy atom. The standard InChI is InChI=1S/C26H21N3O3S2/c1-2-32-25(31)23-27-29(21-16-10-5-11-17-21)26(34-23)28(20-14-8-4-9-15-20)24(30)22(33-26)18-19-12-6-3-7-13-19/h3-18H,2H2,1H3/b22-18-. The van der Waals surface area contributed by atoms with Crippen molar-refractivity contribution in [2.24, 2.45) is 5.10 Å². The minimum atomic E-state index is -1.07. The van der Waals surface area contributed by atoms with Gasteiger partial charge in [-0.3, -0.25) is 9.69 Å². The molecule has 1 unspecified atom stereocenters. The van der Waals surface area contributed by atoms with Gasteiger partial charge in [-0.25, -0.2) is 9.80 Å². The Morgan fingerprint density at radius 3 is 2.12 bits per heavy atom. The molecule has 2 heterocycles. The minimum absolute atomic E-state index is 0.159. The lowest BCUT2D eigenvalue weighted by Gasteiger charge is -2.38. The van der Waals surface area contributed by atoms with Gasteiger partial charge in [-0.1, -0.05) is 78.5 Å². The molecular weight excluding hydrogens is 466 g/mol. The van der Waals surface area contributed by atoms with Gasteiger partial charge in [0, 0.05) is 5.69 Å². The molecule has 1 amide bonds. The van der Waals surface area contributed by atoms with Crippen LogP contribution in [0.2, 0.25) is 0 Å². The molecule has 0 aromatic heterocycles. The fraction of sp³-hybridized carbons (Fsp3) is 0.115. The molecular formula is C26H21N3O3S2. The van der Waals surface area contributed by atoms with E-state index in [1.807, 2.05) is 97.1 Å². The quantitative estimate of drug-likeness (QED) is 0.347.